The minimum atomic E-state index is -1.35. The van der Waals surface area contributed by atoms with Crippen LogP contribution >= 0.6 is 11.6 Å². The van der Waals surface area contributed by atoms with Gasteiger partial charge in [-0.2, -0.15) is 0 Å². The summed E-state index contributed by atoms with van der Waals surface area (Å²) in [6, 6.07) is 1.56. The standard InChI is InChI=1S/C19H17ClFN3O4/c1-2-23-8-11(19(27)28)18(26)14-10-5-12(24-4-3-9(25)7-24)15(20)16(21)17(10)22-6-13(14)23/h5-6,8-9,25H,2-4,7H2,1H3,(H,27,28). The molecule has 1 aromatic carbocycles. The summed E-state index contributed by atoms with van der Waals surface area (Å²) in [5.74, 6) is -2.13. The van der Waals surface area contributed by atoms with E-state index in [1.165, 1.54) is 12.4 Å². The molecule has 2 aromatic heterocycles. The van der Waals surface area contributed by atoms with Crippen molar-refractivity contribution in [2.75, 3.05) is 18.0 Å². The summed E-state index contributed by atoms with van der Waals surface area (Å²) in [6.45, 7) is 3.00. The van der Waals surface area contributed by atoms with Crippen molar-refractivity contribution in [2.45, 2.75) is 26.0 Å². The minimum absolute atomic E-state index is 0.0864. The normalized spacial score (nSPS) is 17.0. The first kappa shape index (κ1) is 18.6. The molecule has 1 fully saturated rings. The van der Waals surface area contributed by atoms with E-state index in [4.69, 9.17) is 11.6 Å². The van der Waals surface area contributed by atoms with Gasteiger partial charge in [-0.05, 0) is 19.4 Å². The number of hydrogen-bond acceptors (Lipinski definition) is 5. The van der Waals surface area contributed by atoms with Crippen LogP contribution in [-0.4, -0.2) is 44.9 Å². The van der Waals surface area contributed by atoms with Crippen molar-refractivity contribution in [3.63, 3.8) is 0 Å². The smallest absolute Gasteiger partial charge is 0.341 e. The number of pyridine rings is 2. The third kappa shape index (κ3) is 2.71. The number of nitrogens with zero attached hydrogens (tertiary/aromatic N) is 3. The maximum absolute atomic E-state index is 15.0. The Bertz CT molecular complexity index is 1190. The van der Waals surface area contributed by atoms with Gasteiger partial charge in [0.25, 0.3) is 0 Å². The maximum Gasteiger partial charge on any atom is 0.341 e. The van der Waals surface area contributed by atoms with E-state index in [0.717, 1.165) is 0 Å². The third-order valence-electron chi connectivity index (χ3n) is 5.14. The van der Waals surface area contributed by atoms with E-state index in [2.05, 4.69) is 4.98 Å². The molecule has 3 heterocycles. The van der Waals surface area contributed by atoms with Crippen molar-refractivity contribution in [3.05, 3.63) is 45.1 Å². The van der Waals surface area contributed by atoms with Gasteiger partial charge in [0.2, 0.25) is 5.43 Å². The summed E-state index contributed by atoms with van der Waals surface area (Å²) >= 11 is 6.22. The zero-order valence-corrected chi connectivity index (χ0v) is 15.7. The maximum atomic E-state index is 15.0. The first-order chi connectivity index (χ1) is 13.3. The minimum Gasteiger partial charge on any atom is -0.477 e. The Balaban J connectivity index is 2.14. The van der Waals surface area contributed by atoms with Gasteiger partial charge in [-0.15, -0.1) is 0 Å². The molecule has 9 heteroatoms. The molecule has 2 N–H and O–H groups in total. The van der Waals surface area contributed by atoms with Gasteiger partial charge in [0.1, 0.15) is 16.1 Å². The SMILES string of the molecule is CCn1cc(C(=O)O)c(=O)c2c3cc(N4CCC(O)C4)c(Cl)c(F)c3ncc21. The van der Waals surface area contributed by atoms with Crippen LogP contribution in [0.5, 0.6) is 0 Å². The number of aromatic carboxylic acids is 1. The Hall–Kier alpha value is -2.71. The number of aliphatic hydroxyl groups excluding tert-OH is 1. The summed E-state index contributed by atoms with van der Waals surface area (Å²) in [6.07, 6.45) is 2.60. The zero-order chi connectivity index (χ0) is 20.2. The van der Waals surface area contributed by atoms with Crippen molar-refractivity contribution < 1.29 is 19.4 Å². The van der Waals surface area contributed by atoms with Crippen LogP contribution in [0.2, 0.25) is 5.02 Å². The fraction of sp³-hybridized carbons (Fsp3) is 0.316. The molecule has 28 heavy (non-hydrogen) atoms. The molecule has 1 aliphatic heterocycles. The molecular weight excluding hydrogens is 389 g/mol. The van der Waals surface area contributed by atoms with Crippen LogP contribution in [0.25, 0.3) is 21.8 Å². The van der Waals surface area contributed by atoms with Crippen LogP contribution < -0.4 is 10.3 Å². The van der Waals surface area contributed by atoms with Crippen LogP contribution in [0.3, 0.4) is 0 Å². The van der Waals surface area contributed by atoms with E-state index in [-0.39, 0.29) is 21.3 Å². The van der Waals surface area contributed by atoms with Crippen molar-refractivity contribution >= 4 is 45.1 Å². The summed E-state index contributed by atoms with van der Waals surface area (Å²) < 4.78 is 16.6. The molecule has 4 rings (SSSR count). The van der Waals surface area contributed by atoms with E-state index in [0.29, 0.717) is 37.3 Å². The van der Waals surface area contributed by atoms with Gasteiger partial charge in [0, 0.05) is 31.2 Å². The molecule has 3 aromatic rings. The average Bonchev–Trinajstić information content (AvgIpc) is 3.10. The highest BCUT2D eigenvalue weighted by molar-refractivity contribution is 6.34. The molecule has 0 amide bonds. The highest BCUT2D eigenvalue weighted by atomic mass is 35.5. The second kappa shape index (κ2) is 6.72. The van der Waals surface area contributed by atoms with E-state index in [1.54, 1.807) is 22.5 Å². The lowest BCUT2D eigenvalue weighted by atomic mass is 10.1. The number of carboxylic acids is 1. The molecule has 1 aliphatic rings. The van der Waals surface area contributed by atoms with Crippen LogP contribution in [0.1, 0.15) is 23.7 Å². The lowest BCUT2D eigenvalue weighted by Crippen LogP contribution is -2.22. The first-order valence-corrected chi connectivity index (χ1v) is 9.21. The van der Waals surface area contributed by atoms with Gasteiger partial charge in [-0.25, -0.2) is 9.18 Å². The van der Waals surface area contributed by atoms with E-state index in [1.807, 2.05) is 0 Å². The predicted octanol–water partition coefficient (Wildman–Crippen LogP) is 2.63. The van der Waals surface area contributed by atoms with Crippen molar-refractivity contribution in [1.29, 1.82) is 0 Å². The highest BCUT2D eigenvalue weighted by Gasteiger charge is 2.26. The Morgan fingerprint density at radius 1 is 1.46 bits per heavy atom. The first-order valence-electron chi connectivity index (χ1n) is 8.83. The number of fused-ring (bicyclic) bond motifs is 3. The molecule has 146 valence electrons. The van der Waals surface area contributed by atoms with Crippen molar-refractivity contribution in [3.8, 4) is 0 Å². The molecule has 0 bridgehead atoms. The van der Waals surface area contributed by atoms with Gasteiger partial charge in [-0.1, -0.05) is 11.6 Å². The van der Waals surface area contributed by atoms with E-state index in [9.17, 15) is 19.8 Å². The molecule has 7 nitrogen and oxygen atoms in total. The molecular formula is C19H17ClFN3O4. The lowest BCUT2D eigenvalue weighted by molar-refractivity contribution is 0.0695. The van der Waals surface area contributed by atoms with Crippen molar-refractivity contribution in [1.82, 2.24) is 9.55 Å². The van der Waals surface area contributed by atoms with Gasteiger partial charge >= 0.3 is 5.97 Å². The monoisotopic (exact) mass is 405 g/mol. The van der Waals surface area contributed by atoms with Gasteiger partial charge in [-0.3, -0.25) is 9.78 Å². The second-order valence-electron chi connectivity index (χ2n) is 6.79. The Morgan fingerprint density at radius 2 is 2.21 bits per heavy atom. The summed E-state index contributed by atoms with van der Waals surface area (Å²) in [7, 11) is 0. The number of aromatic nitrogens is 2. The fourth-order valence-corrected chi connectivity index (χ4v) is 3.99. The number of aryl methyl sites for hydroxylation is 1. The molecule has 0 spiro atoms. The number of anilines is 1. The number of rotatable bonds is 3. The number of benzene rings is 1. The fourth-order valence-electron chi connectivity index (χ4n) is 3.73. The molecule has 1 unspecified atom stereocenters. The number of carboxylic acid groups (broad SMARTS) is 1. The largest absolute Gasteiger partial charge is 0.477 e. The molecule has 0 radical (unpaired) electrons. The number of hydrogen-bond donors (Lipinski definition) is 2. The predicted molar refractivity (Wildman–Crippen MR) is 104 cm³/mol. The van der Waals surface area contributed by atoms with Crippen LogP contribution in [0, 0.1) is 5.82 Å². The van der Waals surface area contributed by atoms with Crippen LogP contribution in [0.4, 0.5) is 10.1 Å². The summed E-state index contributed by atoms with van der Waals surface area (Å²) in [4.78, 5) is 30.3. The van der Waals surface area contributed by atoms with Crippen LogP contribution in [0.15, 0.2) is 23.3 Å². The van der Waals surface area contributed by atoms with Crippen molar-refractivity contribution in [2.24, 2.45) is 0 Å². The summed E-state index contributed by atoms with van der Waals surface area (Å²) in [5.41, 5.74) is -0.424. The average molecular weight is 406 g/mol. The van der Waals surface area contributed by atoms with E-state index < -0.39 is 28.9 Å². The number of β-amino-alcohol motifs (C(OH)–C–C–N with tert-alkyl or cyclic N) is 1. The Labute approximate surface area is 163 Å². The van der Waals surface area contributed by atoms with Crippen LogP contribution in [-0.2, 0) is 6.54 Å². The van der Waals surface area contributed by atoms with Gasteiger partial charge in [0.15, 0.2) is 5.82 Å². The van der Waals surface area contributed by atoms with Gasteiger partial charge < -0.3 is 19.7 Å². The summed E-state index contributed by atoms with van der Waals surface area (Å²) in [5, 5.41) is 19.4. The topological polar surface area (TPSA) is 95.7 Å². The zero-order valence-electron chi connectivity index (χ0n) is 14.9. The highest BCUT2D eigenvalue weighted by Crippen LogP contribution is 2.37. The number of halogens is 2. The Kier molecular flexibility index (Phi) is 4.47. The molecule has 0 saturated carbocycles. The lowest BCUT2D eigenvalue weighted by Gasteiger charge is -2.21. The molecule has 0 aliphatic carbocycles. The number of aliphatic hydroxyl groups is 1. The quantitative estimate of drug-likeness (QED) is 0.650. The number of carbonyl (C=O) groups is 1. The third-order valence-corrected chi connectivity index (χ3v) is 5.50. The van der Waals surface area contributed by atoms with Gasteiger partial charge in [0.05, 0.1) is 28.9 Å². The molecule has 1 atom stereocenters. The second-order valence-corrected chi connectivity index (χ2v) is 7.17. The Morgan fingerprint density at radius 3 is 2.82 bits per heavy atom. The molecule has 1 saturated heterocycles. The van der Waals surface area contributed by atoms with E-state index >= 15 is 4.39 Å².